The van der Waals surface area contributed by atoms with E-state index in [2.05, 4.69) is 215 Å². The molecule has 0 aliphatic heterocycles. The van der Waals surface area contributed by atoms with Crippen LogP contribution < -0.4 is 0 Å². The summed E-state index contributed by atoms with van der Waals surface area (Å²) in [4.78, 5) is 11.3. The van der Waals surface area contributed by atoms with Gasteiger partial charge in [-0.15, -0.1) is 20.4 Å². The van der Waals surface area contributed by atoms with Crippen LogP contribution in [-0.2, 0) is 0 Å². The summed E-state index contributed by atoms with van der Waals surface area (Å²) in [5, 5.41) is 17.3. The molecule has 0 radical (unpaired) electrons. The first-order chi connectivity index (χ1) is 39.6. The quantitative estimate of drug-likeness (QED) is 0.119. The zero-order valence-electron chi connectivity index (χ0n) is 43.1. The van der Waals surface area contributed by atoms with Gasteiger partial charge < -0.3 is 8.83 Å². The third-order valence-corrected chi connectivity index (χ3v) is 14.5. The van der Waals surface area contributed by atoms with Crippen molar-refractivity contribution in [3.05, 3.63) is 279 Å². The zero-order chi connectivity index (χ0) is 53.2. The molecule has 0 amide bonds. The second-order valence-corrected chi connectivity index (χ2v) is 19.5. The van der Waals surface area contributed by atoms with E-state index in [1.807, 2.05) is 84.9 Å². The molecule has 0 aliphatic rings. The molecular formula is C72H46N6O2. The largest absolute Gasteiger partial charge is 0.416 e. The van der Waals surface area contributed by atoms with Gasteiger partial charge in [-0.2, -0.15) is 0 Å². The average molecular weight is 1030 g/mol. The lowest BCUT2D eigenvalue weighted by Crippen LogP contribution is -1.98. The van der Waals surface area contributed by atoms with Crippen molar-refractivity contribution < 1.29 is 8.83 Å². The standard InChI is InChI=1S/C72H46N6O2/c1-5-17-51(18-6-1)59-25-13-15-27-61(59)63-45-65-66(46-64(63)62-28-16-14-26-60(62)52-19-7-2-8-20-52)74-68(54-39-31-48(32-40-54)50-35-43-58(44-36-50)72-78-76-70(80-72)56-23-11-4-12-24-56)67(73-65)53-37-29-47(30-38-53)49-33-41-57(42-34-49)71-77-75-69(79-71)55-21-9-3-10-22-55/h1-46H. The van der Waals surface area contributed by atoms with Gasteiger partial charge in [0.15, 0.2) is 0 Å². The van der Waals surface area contributed by atoms with E-state index in [1.54, 1.807) is 0 Å². The van der Waals surface area contributed by atoms with Crippen molar-refractivity contribution in [2.75, 3.05) is 0 Å². The van der Waals surface area contributed by atoms with E-state index in [-0.39, 0.29) is 0 Å². The molecule has 0 N–H and O–H groups in total. The summed E-state index contributed by atoms with van der Waals surface area (Å²) < 4.78 is 12.1. The topological polar surface area (TPSA) is 104 Å². The maximum atomic E-state index is 6.07. The fourth-order valence-electron chi connectivity index (χ4n) is 10.5. The van der Waals surface area contributed by atoms with Crippen molar-refractivity contribution in [3.63, 3.8) is 0 Å². The Bertz CT molecular complexity index is 4180. The van der Waals surface area contributed by atoms with Crippen LogP contribution >= 0.6 is 0 Å². The summed E-state index contributed by atoms with van der Waals surface area (Å²) in [7, 11) is 0. The van der Waals surface area contributed by atoms with Gasteiger partial charge in [0, 0.05) is 33.4 Å². The highest BCUT2D eigenvalue weighted by atomic mass is 16.4. The number of benzene rings is 11. The van der Waals surface area contributed by atoms with Gasteiger partial charge in [0.05, 0.1) is 22.4 Å². The first-order valence-corrected chi connectivity index (χ1v) is 26.5. The number of rotatable bonds is 12. The summed E-state index contributed by atoms with van der Waals surface area (Å²) in [5.41, 5.74) is 21.5. The lowest BCUT2D eigenvalue weighted by Gasteiger charge is -2.19. The molecule has 376 valence electrons. The molecule has 0 bridgehead atoms. The SMILES string of the molecule is c1ccc(-c2nnc(-c3ccc(-c4ccc(-c5nc6cc(-c7ccccc7-c7ccccc7)c(-c7ccccc7-c7ccccc7)cc6nc5-c5ccc(-c6ccc(-c7nnc(-c8ccccc8)o7)cc6)cc5)cc4)cc3)o2)cc1. The Hall–Kier alpha value is -11.0. The van der Waals surface area contributed by atoms with E-state index in [4.69, 9.17) is 18.8 Å². The van der Waals surface area contributed by atoms with Gasteiger partial charge in [0.2, 0.25) is 23.6 Å². The molecule has 11 aromatic carbocycles. The predicted molar refractivity (Wildman–Crippen MR) is 320 cm³/mol. The molecule has 0 unspecified atom stereocenters. The van der Waals surface area contributed by atoms with Crippen molar-refractivity contribution in [2.24, 2.45) is 0 Å². The second kappa shape index (κ2) is 20.9. The first kappa shape index (κ1) is 47.5. The molecule has 0 saturated heterocycles. The van der Waals surface area contributed by atoms with Crippen molar-refractivity contribution in [3.8, 4) is 135 Å². The lowest BCUT2D eigenvalue weighted by molar-refractivity contribution is 0.584. The van der Waals surface area contributed by atoms with Gasteiger partial charge in [-0.05, 0) is 127 Å². The highest BCUT2D eigenvalue weighted by Gasteiger charge is 2.21. The number of hydrogen-bond acceptors (Lipinski definition) is 8. The van der Waals surface area contributed by atoms with Gasteiger partial charge >= 0.3 is 0 Å². The maximum Gasteiger partial charge on any atom is 0.248 e. The van der Waals surface area contributed by atoms with Crippen LogP contribution in [0.4, 0.5) is 0 Å². The van der Waals surface area contributed by atoms with E-state index < -0.39 is 0 Å². The summed E-state index contributed by atoms with van der Waals surface area (Å²) in [6, 6.07) is 96.2. The van der Waals surface area contributed by atoms with Crippen LogP contribution in [0, 0.1) is 0 Å². The van der Waals surface area contributed by atoms with Gasteiger partial charge in [-0.1, -0.05) is 218 Å². The molecule has 3 heterocycles. The minimum absolute atomic E-state index is 0.469. The number of fused-ring (bicyclic) bond motifs is 1. The van der Waals surface area contributed by atoms with E-state index in [0.717, 1.165) is 123 Å². The highest BCUT2D eigenvalue weighted by Crippen LogP contribution is 2.44. The van der Waals surface area contributed by atoms with Crippen LogP contribution in [0.15, 0.2) is 288 Å². The molecule has 0 saturated carbocycles. The Morgan fingerprint density at radius 1 is 0.188 bits per heavy atom. The zero-order valence-corrected chi connectivity index (χ0v) is 43.1. The number of nitrogens with zero attached hydrogens (tertiary/aromatic N) is 6. The van der Waals surface area contributed by atoms with E-state index in [1.165, 1.54) is 0 Å². The minimum atomic E-state index is 0.469. The average Bonchev–Trinajstić information content (AvgIpc) is 4.26. The third-order valence-electron chi connectivity index (χ3n) is 14.5. The molecule has 0 aliphatic carbocycles. The van der Waals surface area contributed by atoms with Crippen LogP contribution in [0.1, 0.15) is 0 Å². The van der Waals surface area contributed by atoms with Crippen LogP contribution in [0.3, 0.4) is 0 Å². The fourth-order valence-corrected chi connectivity index (χ4v) is 10.5. The van der Waals surface area contributed by atoms with Crippen LogP contribution in [0.5, 0.6) is 0 Å². The summed E-state index contributed by atoms with van der Waals surface area (Å²) >= 11 is 0. The Morgan fingerprint density at radius 2 is 0.425 bits per heavy atom. The lowest BCUT2D eigenvalue weighted by atomic mass is 9.86. The minimum Gasteiger partial charge on any atom is -0.416 e. The Balaban J connectivity index is 0.875. The first-order valence-electron chi connectivity index (χ1n) is 26.5. The Kier molecular flexibility index (Phi) is 12.4. The molecule has 14 rings (SSSR count). The molecule has 14 aromatic rings. The Morgan fingerprint density at radius 3 is 0.738 bits per heavy atom. The normalized spacial score (nSPS) is 11.2. The number of hydrogen-bond donors (Lipinski definition) is 0. The van der Waals surface area contributed by atoms with Crippen LogP contribution in [-0.4, -0.2) is 30.4 Å². The van der Waals surface area contributed by atoms with Crippen molar-refractivity contribution in [1.29, 1.82) is 0 Å². The van der Waals surface area contributed by atoms with Crippen molar-refractivity contribution >= 4 is 11.0 Å². The highest BCUT2D eigenvalue weighted by molar-refractivity contribution is 6.02. The summed E-state index contributed by atoms with van der Waals surface area (Å²) in [6.07, 6.45) is 0. The van der Waals surface area contributed by atoms with E-state index >= 15 is 0 Å². The molecule has 0 atom stereocenters. The summed E-state index contributed by atoms with van der Waals surface area (Å²) in [5.74, 6) is 1.91. The molecule has 8 nitrogen and oxygen atoms in total. The molecule has 8 heteroatoms. The van der Waals surface area contributed by atoms with E-state index in [9.17, 15) is 0 Å². The van der Waals surface area contributed by atoms with Crippen molar-refractivity contribution in [1.82, 2.24) is 30.4 Å². The third kappa shape index (κ3) is 9.33. The van der Waals surface area contributed by atoms with Crippen LogP contribution in [0.25, 0.3) is 146 Å². The van der Waals surface area contributed by atoms with Gasteiger partial charge in [-0.25, -0.2) is 9.97 Å². The Labute approximate surface area is 462 Å². The molecule has 0 spiro atoms. The molecule has 3 aromatic heterocycles. The molecular weight excluding hydrogens is 981 g/mol. The smallest absolute Gasteiger partial charge is 0.248 e. The van der Waals surface area contributed by atoms with Crippen LogP contribution in [0.2, 0.25) is 0 Å². The maximum absolute atomic E-state index is 6.07. The van der Waals surface area contributed by atoms with Gasteiger partial charge in [0.25, 0.3) is 0 Å². The van der Waals surface area contributed by atoms with E-state index in [0.29, 0.717) is 23.6 Å². The monoisotopic (exact) mass is 1030 g/mol. The second-order valence-electron chi connectivity index (χ2n) is 19.5. The predicted octanol–water partition coefficient (Wildman–Crippen LogP) is 18.4. The van der Waals surface area contributed by atoms with Gasteiger partial charge in [0.1, 0.15) is 0 Å². The fraction of sp³-hybridized carbons (Fsp3) is 0. The number of aromatic nitrogens is 6. The van der Waals surface area contributed by atoms with Gasteiger partial charge in [-0.3, -0.25) is 0 Å². The molecule has 0 fully saturated rings. The molecule has 80 heavy (non-hydrogen) atoms. The van der Waals surface area contributed by atoms with Crippen molar-refractivity contribution in [2.45, 2.75) is 0 Å². The summed E-state index contributed by atoms with van der Waals surface area (Å²) in [6.45, 7) is 0.